The van der Waals surface area contributed by atoms with E-state index in [4.69, 9.17) is 0 Å². The zero-order chi connectivity index (χ0) is 18.8. The van der Waals surface area contributed by atoms with E-state index < -0.39 is 0 Å². The van der Waals surface area contributed by atoms with E-state index in [0.717, 1.165) is 28.0 Å². The first-order valence-electron chi connectivity index (χ1n) is 9.06. The lowest BCUT2D eigenvalue weighted by Crippen LogP contribution is -2.13. The van der Waals surface area contributed by atoms with Crippen LogP contribution in [0.15, 0.2) is 79.1 Å². The van der Waals surface area contributed by atoms with Gasteiger partial charge in [-0.1, -0.05) is 50.2 Å². The van der Waals surface area contributed by atoms with Gasteiger partial charge in [0.25, 0.3) is 5.91 Å². The Kier molecular flexibility index (Phi) is 4.47. The third-order valence-electron chi connectivity index (χ3n) is 4.67. The van der Waals surface area contributed by atoms with Gasteiger partial charge in [-0.05, 0) is 47.9 Å². The first-order valence-corrected chi connectivity index (χ1v) is 9.06. The Morgan fingerprint density at radius 1 is 0.963 bits per heavy atom. The van der Waals surface area contributed by atoms with Gasteiger partial charge in [-0.2, -0.15) is 0 Å². The second-order valence-corrected chi connectivity index (χ2v) is 6.85. The average molecular weight is 355 g/mol. The van der Waals surface area contributed by atoms with Crippen LogP contribution in [0.25, 0.3) is 16.7 Å². The van der Waals surface area contributed by atoms with Crippen LogP contribution in [-0.2, 0) is 0 Å². The maximum absolute atomic E-state index is 12.8. The number of anilines is 1. The largest absolute Gasteiger partial charge is 0.322 e. The van der Waals surface area contributed by atoms with Crippen molar-refractivity contribution in [3.05, 3.63) is 90.3 Å². The molecule has 0 radical (unpaired) electrons. The molecule has 0 spiro atoms. The number of imidazole rings is 1. The van der Waals surface area contributed by atoms with Gasteiger partial charge in [-0.3, -0.25) is 9.36 Å². The van der Waals surface area contributed by atoms with Crippen LogP contribution in [0.3, 0.4) is 0 Å². The van der Waals surface area contributed by atoms with Gasteiger partial charge < -0.3 is 5.32 Å². The molecule has 4 nitrogen and oxygen atoms in total. The third kappa shape index (κ3) is 3.34. The normalized spacial score (nSPS) is 11.1. The summed E-state index contributed by atoms with van der Waals surface area (Å²) in [5, 5.41) is 3.04. The number of amides is 1. The summed E-state index contributed by atoms with van der Waals surface area (Å²) in [5.41, 5.74) is 5.39. The highest BCUT2D eigenvalue weighted by molar-refractivity contribution is 6.06. The number of fused-ring (bicyclic) bond motifs is 1. The molecule has 4 aromatic rings. The molecule has 0 fully saturated rings. The number of aromatic nitrogens is 2. The van der Waals surface area contributed by atoms with E-state index in [2.05, 4.69) is 24.1 Å². The number of benzene rings is 3. The molecule has 1 heterocycles. The molecule has 4 heteroatoms. The van der Waals surface area contributed by atoms with Crippen molar-refractivity contribution in [2.24, 2.45) is 0 Å². The van der Waals surface area contributed by atoms with Gasteiger partial charge in [-0.15, -0.1) is 0 Å². The number of hydrogen-bond acceptors (Lipinski definition) is 2. The lowest BCUT2D eigenvalue weighted by molar-refractivity contribution is 0.102. The summed E-state index contributed by atoms with van der Waals surface area (Å²) < 4.78 is 2.02. The van der Waals surface area contributed by atoms with Gasteiger partial charge in [0.15, 0.2) is 0 Å². The van der Waals surface area contributed by atoms with E-state index in [9.17, 15) is 4.79 Å². The molecule has 0 atom stereocenters. The van der Waals surface area contributed by atoms with Gasteiger partial charge in [0, 0.05) is 16.9 Å². The maximum atomic E-state index is 12.8. The number of hydrogen-bond donors (Lipinski definition) is 1. The Morgan fingerprint density at radius 2 is 1.70 bits per heavy atom. The molecule has 4 rings (SSSR count). The third-order valence-corrected chi connectivity index (χ3v) is 4.67. The van der Waals surface area contributed by atoms with Crippen LogP contribution >= 0.6 is 0 Å². The van der Waals surface area contributed by atoms with Crippen molar-refractivity contribution >= 4 is 22.6 Å². The van der Waals surface area contributed by atoms with Gasteiger partial charge in [0.2, 0.25) is 0 Å². The Labute approximate surface area is 158 Å². The van der Waals surface area contributed by atoms with Crippen LogP contribution in [0.1, 0.15) is 35.7 Å². The molecule has 0 aliphatic carbocycles. The number of nitrogens with zero attached hydrogens (tertiary/aromatic N) is 2. The number of para-hydroxylation sites is 2. The van der Waals surface area contributed by atoms with Crippen LogP contribution < -0.4 is 5.32 Å². The lowest BCUT2D eigenvalue weighted by atomic mass is 10.0. The highest BCUT2D eigenvalue weighted by Gasteiger charge is 2.13. The number of nitrogens with one attached hydrogen (secondary N) is 1. The zero-order valence-electron chi connectivity index (χ0n) is 15.4. The molecule has 0 unspecified atom stereocenters. The van der Waals surface area contributed by atoms with E-state index in [0.29, 0.717) is 11.5 Å². The summed E-state index contributed by atoms with van der Waals surface area (Å²) in [7, 11) is 0. The highest BCUT2D eigenvalue weighted by atomic mass is 16.1. The summed E-state index contributed by atoms with van der Waals surface area (Å²) in [6.07, 6.45) is 1.79. The van der Waals surface area contributed by atoms with Crippen molar-refractivity contribution in [1.82, 2.24) is 9.55 Å². The molecule has 0 bridgehead atoms. The highest BCUT2D eigenvalue weighted by Crippen LogP contribution is 2.25. The lowest BCUT2D eigenvalue weighted by Gasteiger charge is -2.13. The van der Waals surface area contributed by atoms with Crippen molar-refractivity contribution in [3.8, 4) is 5.69 Å². The Hall–Kier alpha value is -3.40. The minimum Gasteiger partial charge on any atom is -0.322 e. The second-order valence-electron chi connectivity index (χ2n) is 6.85. The Balaban J connectivity index is 1.64. The first kappa shape index (κ1) is 17.0. The summed E-state index contributed by atoms with van der Waals surface area (Å²) in [5.74, 6) is 0.213. The van der Waals surface area contributed by atoms with Crippen LogP contribution in [0.5, 0.6) is 0 Å². The predicted octanol–water partition coefficient (Wildman–Crippen LogP) is 5.40. The van der Waals surface area contributed by atoms with E-state index in [1.54, 1.807) is 6.33 Å². The number of carbonyl (C=O) groups is 1. The summed E-state index contributed by atoms with van der Waals surface area (Å²) >= 11 is 0. The fourth-order valence-corrected chi connectivity index (χ4v) is 3.26. The average Bonchev–Trinajstić information content (AvgIpc) is 3.12. The van der Waals surface area contributed by atoms with E-state index in [-0.39, 0.29) is 5.91 Å². The molecule has 27 heavy (non-hydrogen) atoms. The number of carbonyl (C=O) groups excluding carboxylic acids is 1. The molecule has 1 N–H and O–H groups in total. The zero-order valence-corrected chi connectivity index (χ0v) is 15.4. The van der Waals surface area contributed by atoms with Gasteiger partial charge >= 0.3 is 0 Å². The quantitative estimate of drug-likeness (QED) is 0.533. The van der Waals surface area contributed by atoms with Crippen LogP contribution in [0.4, 0.5) is 5.69 Å². The summed E-state index contributed by atoms with van der Waals surface area (Å²) in [6.45, 7) is 4.24. The predicted molar refractivity (Wildman–Crippen MR) is 110 cm³/mol. The smallest absolute Gasteiger partial charge is 0.255 e. The standard InChI is InChI=1S/C23H21N3O/c1-16(2)19-10-6-7-11-20(19)25-23(27)17-12-13-22-21(14-17)24-15-26(22)18-8-4-3-5-9-18/h3-16H,1-2H3,(H,25,27). The summed E-state index contributed by atoms with van der Waals surface area (Å²) in [6, 6.07) is 23.6. The molecule has 0 saturated carbocycles. The molecule has 0 saturated heterocycles. The van der Waals surface area contributed by atoms with Crippen molar-refractivity contribution in [3.63, 3.8) is 0 Å². The van der Waals surface area contributed by atoms with E-state index in [1.807, 2.05) is 77.4 Å². The first-order chi connectivity index (χ1) is 13.1. The van der Waals surface area contributed by atoms with Crippen molar-refractivity contribution < 1.29 is 4.79 Å². The molecular weight excluding hydrogens is 334 g/mol. The SMILES string of the molecule is CC(C)c1ccccc1NC(=O)c1ccc2c(c1)ncn2-c1ccccc1. The van der Waals surface area contributed by atoms with E-state index >= 15 is 0 Å². The molecule has 134 valence electrons. The van der Waals surface area contributed by atoms with Gasteiger partial charge in [-0.25, -0.2) is 4.98 Å². The fraction of sp³-hybridized carbons (Fsp3) is 0.130. The van der Waals surface area contributed by atoms with Crippen LogP contribution in [0, 0.1) is 0 Å². The Morgan fingerprint density at radius 3 is 2.48 bits per heavy atom. The fourth-order valence-electron chi connectivity index (χ4n) is 3.26. The molecule has 1 amide bonds. The van der Waals surface area contributed by atoms with Crippen LogP contribution in [0.2, 0.25) is 0 Å². The maximum Gasteiger partial charge on any atom is 0.255 e. The summed E-state index contributed by atoms with van der Waals surface area (Å²) in [4.78, 5) is 17.2. The number of rotatable bonds is 4. The molecule has 3 aromatic carbocycles. The van der Waals surface area contributed by atoms with Crippen molar-refractivity contribution in [2.45, 2.75) is 19.8 Å². The minimum atomic E-state index is -0.126. The molecule has 0 aliphatic rings. The van der Waals surface area contributed by atoms with Crippen molar-refractivity contribution in [2.75, 3.05) is 5.32 Å². The van der Waals surface area contributed by atoms with Crippen molar-refractivity contribution in [1.29, 1.82) is 0 Å². The topological polar surface area (TPSA) is 46.9 Å². The minimum absolute atomic E-state index is 0.126. The molecular formula is C23H21N3O. The van der Waals surface area contributed by atoms with Gasteiger partial charge in [0.1, 0.15) is 6.33 Å². The molecule has 0 aliphatic heterocycles. The monoisotopic (exact) mass is 355 g/mol. The van der Waals surface area contributed by atoms with Crippen LogP contribution in [-0.4, -0.2) is 15.5 Å². The van der Waals surface area contributed by atoms with Gasteiger partial charge in [0.05, 0.1) is 11.0 Å². The second kappa shape index (κ2) is 7.08. The van der Waals surface area contributed by atoms with E-state index in [1.165, 1.54) is 0 Å². The Bertz CT molecular complexity index is 1100. The molecule has 1 aromatic heterocycles.